The monoisotopic (exact) mass is 518 g/mol. The number of unbranched alkanes of at least 4 members (excludes halogenated alkanes) is 13. The molecule has 3 aromatic carbocycles. The zero-order chi connectivity index (χ0) is 27.1. The van der Waals surface area contributed by atoms with Crippen molar-refractivity contribution in [1.29, 1.82) is 0 Å². The number of ether oxygens (including phenoxy) is 2. The van der Waals surface area contributed by atoms with E-state index in [-0.39, 0.29) is 11.6 Å². The SMILES string of the molecule is CC(C)(C)OC(=O)CCCCCCCCCCCCCCCCOc1cccc2cc3ccccc3cc12. The van der Waals surface area contributed by atoms with Crippen LogP contribution in [0.3, 0.4) is 0 Å². The maximum Gasteiger partial charge on any atom is 0.306 e. The number of carbonyl (C=O) groups is 1. The number of carbonyl (C=O) groups excluding carboxylic acids is 1. The van der Waals surface area contributed by atoms with Crippen LogP contribution in [0.15, 0.2) is 54.6 Å². The van der Waals surface area contributed by atoms with Crippen LogP contribution in [0, 0.1) is 0 Å². The molecule has 0 N–H and O–H groups in total. The topological polar surface area (TPSA) is 35.5 Å². The van der Waals surface area contributed by atoms with Crippen LogP contribution in [-0.4, -0.2) is 18.2 Å². The van der Waals surface area contributed by atoms with Gasteiger partial charge >= 0.3 is 5.97 Å². The van der Waals surface area contributed by atoms with E-state index in [1.165, 1.54) is 92.2 Å². The molecule has 208 valence electrons. The minimum atomic E-state index is -0.360. The van der Waals surface area contributed by atoms with Crippen molar-refractivity contribution in [2.24, 2.45) is 0 Å². The van der Waals surface area contributed by atoms with Gasteiger partial charge < -0.3 is 9.47 Å². The lowest BCUT2D eigenvalue weighted by atomic mass is 10.0. The van der Waals surface area contributed by atoms with Crippen LogP contribution < -0.4 is 4.74 Å². The first-order chi connectivity index (χ1) is 18.4. The smallest absolute Gasteiger partial charge is 0.306 e. The highest BCUT2D eigenvalue weighted by molar-refractivity contribution is 6.00. The van der Waals surface area contributed by atoms with E-state index in [0.717, 1.165) is 31.6 Å². The van der Waals surface area contributed by atoms with Gasteiger partial charge in [0.1, 0.15) is 11.4 Å². The van der Waals surface area contributed by atoms with Gasteiger partial charge in [-0.2, -0.15) is 0 Å². The average molecular weight is 519 g/mol. The molecular formula is C35H50O3. The second-order valence-corrected chi connectivity index (χ2v) is 11.8. The van der Waals surface area contributed by atoms with E-state index in [9.17, 15) is 4.79 Å². The Hall–Kier alpha value is -2.55. The molecule has 0 unspecified atom stereocenters. The molecule has 38 heavy (non-hydrogen) atoms. The maximum absolute atomic E-state index is 11.7. The molecule has 0 aromatic heterocycles. The molecule has 0 fully saturated rings. The molecule has 3 aromatic rings. The fourth-order valence-corrected chi connectivity index (χ4v) is 5.13. The molecule has 0 atom stereocenters. The number of esters is 1. The van der Waals surface area contributed by atoms with Crippen molar-refractivity contribution in [2.45, 2.75) is 123 Å². The molecule has 0 radical (unpaired) electrons. The van der Waals surface area contributed by atoms with Gasteiger partial charge in [-0.05, 0) is 68.0 Å². The summed E-state index contributed by atoms with van der Waals surface area (Å²) in [6, 6.07) is 19.4. The Morgan fingerprint density at radius 3 is 1.68 bits per heavy atom. The van der Waals surface area contributed by atoms with E-state index in [0.29, 0.717) is 6.42 Å². The van der Waals surface area contributed by atoms with Gasteiger partial charge in [0.15, 0.2) is 0 Å². The van der Waals surface area contributed by atoms with Gasteiger partial charge in [0.25, 0.3) is 0 Å². The molecule has 0 spiro atoms. The predicted octanol–water partition coefficient (Wildman–Crippen LogP) is 10.6. The lowest BCUT2D eigenvalue weighted by Crippen LogP contribution is -2.23. The van der Waals surface area contributed by atoms with Crippen LogP contribution in [-0.2, 0) is 9.53 Å². The summed E-state index contributed by atoms with van der Waals surface area (Å²) in [6.45, 7) is 6.58. The minimum absolute atomic E-state index is 0.0549. The predicted molar refractivity (Wildman–Crippen MR) is 162 cm³/mol. The highest BCUT2D eigenvalue weighted by Gasteiger charge is 2.15. The van der Waals surface area contributed by atoms with Crippen LogP contribution in [0.2, 0.25) is 0 Å². The van der Waals surface area contributed by atoms with E-state index in [2.05, 4.69) is 54.6 Å². The Bertz CT molecular complexity index is 1100. The lowest BCUT2D eigenvalue weighted by Gasteiger charge is -2.19. The summed E-state index contributed by atoms with van der Waals surface area (Å²) in [4.78, 5) is 11.7. The van der Waals surface area contributed by atoms with Gasteiger partial charge in [0, 0.05) is 11.8 Å². The third-order valence-corrected chi connectivity index (χ3v) is 7.16. The Balaban J connectivity index is 1.12. The second-order valence-electron chi connectivity index (χ2n) is 11.8. The van der Waals surface area contributed by atoms with Crippen LogP contribution in [0.25, 0.3) is 21.5 Å². The van der Waals surface area contributed by atoms with Crippen LogP contribution in [0.4, 0.5) is 0 Å². The Kier molecular flexibility index (Phi) is 13.0. The van der Waals surface area contributed by atoms with Crippen LogP contribution in [0.1, 0.15) is 117 Å². The zero-order valence-corrected chi connectivity index (χ0v) is 24.2. The van der Waals surface area contributed by atoms with Crippen molar-refractivity contribution < 1.29 is 14.3 Å². The normalized spacial score (nSPS) is 11.8. The lowest BCUT2D eigenvalue weighted by molar-refractivity contribution is -0.154. The van der Waals surface area contributed by atoms with Gasteiger partial charge in [-0.15, -0.1) is 0 Å². The molecule has 0 aliphatic carbocycles. The van der Waals surface area contributed by atoms with E-state index < -0.39 is 0 Å². The standard InChI is InChI=1S/C35H50O3/c1-35(2,3)38-34(36)25-16-14-12-10-8-6-4-5-7-9-11-13-15-19-26-37-33-24-20-23-31-27-29-21-17-18-22-30(29)28-32(31)33/h17-18,20-24,27-28H,4-16,19,25-26H2,1-3H3. The van der Waals surface area contributed by atoms with Crippen molar-refractivity contribution in [3.05, 3.63) is 54.6 Å². The van der Waals surface area contributed by atoms with Gasteiger partial charge in [0.05, 0.1) is 6.61 Å². The van der Waals surface area contributed by atoms with Crippen molar-refractivity contribution in [3.8, 4) is 5.75 Å². The first-order valence-corrected chi connectivity index (χ1v) is 15.2. The molecule has 0 aliphatic rings. The Labute approximate surface area is 231 Å². The third-order valence-electron chi connectivity index (χ3n) is 7.16. The second kappa shape index (κ2) is 16.4. The number of hydrogen-bond acceptors (Lipinski definition) is 3. The van der Waals surface area contributed by atoms with Crippen molar-refractivity contribution in [2.75, 3.05) is 6.61 Å². The van der Waals surface area contributed by atoms with Gasteiger partial charge in [-0.25, -0.2) is 0 Å². The molecule has 0 aliphatic heterocycles. The summed E-state index contributed by atoms with van der Waals surface area (Å²) in [7, 11) is 0. The number of fused-ring (bicyclic) bond motifs is 2. The molecular weight excluding hydrogens is 468 g/mol. The molecule has 0 bridgehead atoms. The van der Waals surface area contributed by atoms with Crippen molar-refractivity contribution in [1.82, 2.24) is 0 Å². The first-order valence-electron chi connectivity index (χ1n) is 15.2. The average Bonchev–Trinajstić information content (AvgIpc) is 2.88. The molecule has 0 amide bonds. The molecule has 0 saturated carbocycles. The zero-order valence-electron chi connectivity index (χ0n) is 24.2. The summed E-state index contributed by atoms with van der Waals surface area (Å²) in [6.07, 6.45) is 18.4. The van der Waals surface area contributed by atoms with Gasteiger partial charge in [0.2, 0.25) is 0 Å². The molecule has 0 saturated heterocycles. The summed E-state index contributed by atoms with van der Waals surface area (Å²) < 4.78 is 11.5. The highest BCUT2D eigenvalue weighted by Crippen LogP contribution is 2.30. The van der Waals surface area contributed by atoms with Crippen LogP contribution in [0.5, 0.6) is 5.75 Å². The van der Waals surface area contributed by atoms with Crippen molar-refractivity contribution in [3.63, 3.8) is 0 Å². The highest BCUT2D eigenvalue weighted by atomic mass is 16.6. The van der Waals surface area contributed by atoms with E-state index in [1.54, 1.807) is 0 Å². The number of rotatable bonds is 18. The maximum atomic E-state index is 11.7. The van der Waals surface area contributed by atoms with Crippen molar-refractivity contribution >= 4 is 27.5 Å². The summed E-state index contributed by atoms with van der Waals surface area (Å²) in [5.74, 6) is 0.953. The minimum Gasteiger partial charge on any atom is -0.493 e. The van der Waals surface area contributed by atoms with E-state index in [1.807, 2.05) is 20.8 Å². The van der Waals surface area contributed by atoms with Crippen LogP contribution >= 0.6 is 0 Å². The molecule has 3 rings (SSSR count). The Morgan fingerprint density at radius 1 is 0.605 bits per heavy atom. The van der Waals surface area contributed by atoms with E-state index in [4.69, 9.17) is 9.47 Å². The third kappa shape index (κ3) is 11.5. The fraction of sp³-hybridized carbons (Fsp3) is 0.571. The van der Waals surface area contributed by atoms with E-state index >= 15 is 0 Å². The van der Waals surface area contributed by atoms with Gasteiger partial charge in [-0.3, -0.25) is 4.79 Å². The number of benzene rings is 3. The van der Waals surface area contributed by atoms with Gasteiger partial charge in [-0.1, -0.05) is 113 Å². The molecule has 3 heteroatoms. The molecule has 0 heterocycles. The fourth-order valence-electron chi connectivity index (χ4n) is 5.13. The summed E-state index contributed by atoms with van der Waals surface area (Å²) >= 11 is 0. The molecule has 3 nitrogen and oxygen atoms in total. The summed E-state index contributed by atoms with van der Waals surface area (Å²) in [5.41, 5.74) is -0.360. The summed E-state index contributed by atoms with van der Waals surface area (Å²) in [5, 5.41) is 5.00. The first kappa shape index (κ1) is 30.0. The number of hydrogen-bond donors (Lipinski definition) is 0. The Morgan fingerprint density at radius 2 is 1.11 bits per heavy atom. The largest absolute Gasteiger partial charge is 0.493 e. The quantitative estimate of drug-likeness (QED) is 0.0954.